The van der Waals surface area contributed by atoms with E-state index in [0.29, 0.717) is 5.11 Å². The standard InChI is InChI=1S/C20H25N3S/c24-19(23-21-8-4-7-15-5-2-1-3-6-15)22-20-12-16-9-17(13-20)11-18(10-16)14-20/h1-8,16-18H,9-14H2,(H2,22,23,24)/b7-4+,21-8+. The van der Waals surface area contributed by atoms with Gasteiger partial charge in [-0.3, -0.25) is 5.43 Å². The Bertz CT molecular complexity index is 615. The molecule has 0 unspecified atom stereocenters. The Morgan fingerprint density at radius 1 is 1.04 bits per heavy atom. The molecular formula is C20H25N3S. The molecule has 24 heavy (non-hydrogen) atoms. The first kappa shape index (κ1) is 15.8. The van der Waals surface area contributed by atoms with Crippen LogP contribution in [0, 0.1) is 17.8 Å². The van der Waals surface area contributed by atoms with Crippen LogP contribution in [0.15, 0.2) is 41.5 Å². The Morgan fingerprint density at radius 3 is 2.29 bits per heavy atom. The van der Waals surface area contributed by atoms with E-state index in [9.17, 15) is 0 Å². The first-order valence-electron chi connectivity index (χ1n) is 9.04. The molecule has 0 aliphatic heterocycles. The highest BCUT2D eigenvalue weighted by molar-refractivity contribution is 7.80. The lowest BCUT2D eigenvalue weighted by molar-refractivity contribution is -0.0101. The lowest BCUT2D eigenvalue weighted by atomic mass is 9.53. The Kier molecular flexibility index (Phi) is 4.40. The van der Waals surface area contributed by atoms with Gasteiger partial charge in [-0.1, -0.05) is 36.4 Å². The number of benzene rings is 1. The van der Waals surface area contributed by atoms with Gasteiger partial charge in [-0.2, -0.15) is 5.10 Å². The molecule has 2 N–H and O–H groups in total. The molecule has 0 amide bonds. The van der Waals surface area contributed by atoms with Crippen molar-refractivity contribution in [2.24, 2.45) is 22.9 Å². The number of rotatable bonds is 4. The largest absolute Gasteiger partial charge is 0.356 e. The summed E-state index contributed by atoms with van der Waals surface area (Å²) in [4.78, 5) is 0. The van der Waals surface area contributed by atoms with Gasteiger partial charge < -0.3 is 5.32 Å². The van der Waals surface area contributed by atoms with Crippen LogP contribution < -0.4 is 10.7 Å². The molecule has 4 bridgehead atoms. The lowest BCUT2D eigenvalue weighted by Crippen LogP contribution is -2.61. The summed E-state index contributed by atoms with van der Waals surface area (Å²) in [6.45, 7) is 0. The Balaban J connectivity index is 1.28. The average molecular weight is 340 g/mol. The van der Waals surface area contributed by atoms with Crippen molar-refractivity contribution < 1.29 is 0 Å². The summed E-state index contributed by atoms with van der Waals surface area (Å²) in [5.74, 6) is 2.76. The molecule has 0 saturated heterocycles. The molecule has 4 heteroatoms. The van der Waals surface area contributed by atoms with Crippen molar-refractivity contribution in [3.05, 3.63) is 42.0 Å². The summed E-state index contributed by atoms with van der Waals surface area (Å²) in [6, 6.07) is 10.2. The third-order valence-electron chi connectivity index (χ3n) is 5.83. The van der Waals surface area contributed by atoms with Crippen LogP contribution in [0.4, 0.5) is 0 Å². The fourth-order valence-electron chi connectivity index (χ4n) is 5.39. The van der Waals surface area contributed by atoms with E-state index in [1.165, 1.54) is 44.1 Å². The van der Waals surface area contributed by atoms with E-state index in [0.717, 1.165) is 17.8 Å². The molecule has 4 aliphatic carbocycles. The fraction of sp³-hybridized carbons (Fsp3) is 0.500. The number of nitrogens with zero attached hydrogens (tertiary/aromatic N) is 1. The van der Waals surface area contributed by atoms with Gasteiger partial charge in [0.1, 0.15) is 0 Å². The normalized spacial score (nSPS) is 34.1. The molecule has 1 aromatic carbocycles. The molecule has 126 valence electrons. The van der Waals surface area contributed by atoms with Gasteiger partial charge in [0.15, 0.2) is 5.11 Å². The minimum absolute atomic E-state index is 0.244. The third-order valence-corrected chi connectivity index (χ3v) is 6.03. The van der Waals surface area contributed by atoms with Crippen molar-refractivity contribution in [3.63, 3.8) is 0 Å². The van der Waals surface area contributed by atoms with Crippen LogP contribution in [0.25, 0.3) is 6.08 Å². The highest BCUT2D eigenvalue weighted by Crippen LogP contribution is 2.55. The Labute approximate surface area is 149 Å². The molecule has 4 aliphatic rings. The topological polar surface area (TPSA) is 36.4 Å². The molecule has 0 heterocycles. The molecule has 5 rings (SSSR count). The molecule has 4 saturated carbocycles. The highest BCUT2D eigenvalue weighted by atomic mass is 32.1. The number of hydrogen-bond donors (Lipinski definition) is 2. The molecule has 1 aromatic rings. The average Bonchev–Trinajstić information content (AvgIpc) is 2.53. The Morgan fingerprint density at radius 2 is 1.67 bits per heavy atom. The van der Waals surface area contributed by atoms with Crippen molar-refractivity contribution in [2.75, 3.05) is 0 Å². The van der Waals surface area contributed by atoms with E-state index >= 15 is 0 Å². The molecule has 3 nitrogen and oxygen atoms in total. The van der Waals surface area contributed by atoms with Gasteiger partial charge in [0, 0.05) is 11.8 Å². The first-order chi connectivity index (χ1) is 11.7. The maximum atomic E-state index is 5.47. The van der Waals surface area contributed by atoms with Crippen LogP contribution in [0.1, 0.15) is 44.1 Å². The van der Waals surface area contributed by atoms with Crippen molar-refractivity contribution in [1.82, 2.24) is 10.7 Å². The van der Waals surface area contributed by atoms with Crippen LogP contribution in [0.5, 0.6) is 0 Å². The quantitative estimate of drug-likeness (QED) is 0.492. The number of thiocarbonyl (C=S) groups is 1. The summed E-state index contributed by atoms with van der Waals surface area (Å²) < 4.78 is 0. The summed E-state index contributed by atoms with van der Waals surface area (Å²) >= 11 is 5.47. The van der Waals surface area contributed by atoms with E-state index in [1.54, 1.807) is 6.21 Å². The van der Waals surface area contributed by atoms with Crippen LogP contribution in [0.3, 0.4) is 0 Å². The molecular weight excluding hydrogens is 314 g/mol. The molecule has 0 spiro atoms. The SMILES string of the molecule is S=C(N/N=C/C=C/c1ccccc1)NC12CC3CC(CC(C3)C1)C2. The maximum absolute atomic E-state index is 5.47. The van der Waals surface area contributed by atoms with Gasteiger partial charge in [0.05, 0.1) is 0 Å². The minimum atomic E-state index is 0.244. The number of hydrogen-bond acceptors (Lipinski definition) is 2. The Hall–Kier alpha value is -1.68. The highest BCUT2D eigenvalue weighted by Gasteiger charge is 2.51. The van der Waals surface area contributed by atoms with Gasteiger partial charge in [-0.05, 0) is 80.1 Å². The van der Waals surface area contributed by atoms with Crippen molar-refractivity contribution in [1.29, 1.82) is 0 Å². The van der Waals surface area contributed by atoms with E-state index < -0.39 is 0 Å². The third kappa shape index (κ3) is 3.54. The summed E-state index contributed by atoms with van der Waals surface area (Å²) in [5.41, 5.74) is 4.39. The summed E-state index contributed by atoms with van der Waals surface area (Å²) in [7, 11) is 0. The zero-order valence-electron chi connectivity index (χ0n) is 13.9. The number of allylic oxidation sites excluding steroid dienone is 1. The smallest absolute Gasteiger partial charge is 0.187 e. The monoisotopic (exact) mass is 339 g/mol. The minimum Gasteiger partial charge on any atom is -0.356 e. The van der Waals surface area contributed by atoms with Crippen LogP contribution >= 0.6 is 12.2 Å². The molecule has 4 fully saturated rings. The zero-order valence-corrected chi connectivity index (χ0v) is 14.8. The maximum Gasteiger partial charge on any atom is 0.187 e. The van der Waals surface area contributed by atoms with Crippen LogP contribution in [-0.4, -0.2) is 16.9 Å². The second kappa shape index (κ2) is 6.67. The fourth-order valence-corrected chi connectivity index (χ4v) is 5.66. The van der Waals surface area contributed by atoms with Gasteiger partial charge in [0.2, 0.25) is 0 Å². The molecule has 0 atom stereocenters. The van der Waals surface area contributed by atoms with Crippen molar-refractivity contribution in [3.8, 4) is 0 Å². The first-order valence-corrected chi connectivity index (χ1v) is 9.45. The summed E-state index contributed by atoms with van der Waals surface area (Å²) in [5, 5.41) is 8.50. The van der Waals surface area contributed by atoms with Gasteiger partial charge >= 0.3 is 0 Å². The number of nitrogens with one attached hydrogen (secondary N) is 2. The van der Waals surface area contributed by atoms with Crippen molar-refractivity contribution in [2.45, 2.75) is 44.1 Å². The zero-order chi connectivity index (χ0) is 16.4. The van der Waals surface area contributed by atoms with Gasteiger partial charge in [0.25, 0.3) is 0 Å². The van der Waals surface area contributed by atoms with E-state index in [-0.39, 0.29) is 5.54 Å². The molecule has 0 radical (unpaired) electrons. The van der Waals surface area contributed by atoms with E-state index in [4.69, 9.17) is 12.2 Å². The van der Waals surface area contributed by atoms with Crippen molar-refractivity contribution >= 4 is 29.6 Å². The lowest BCUT2D eigenvalue weighted by Gasteiger charge is -2.57. The van der Waals surface area contributed by atoms with Crippen LogP contribution in [0.2, 0.25) is 0 Å². The van der Waals surface area contributed by atoms with Gasteiger partial charge in [-0.25, -0.2) is 0 Å². The second-order valence-corrected chi connectivity index (χ2v) is 8.22. The van der Waals surface area contributed by atoms with Crippen LogP contribution in [-0.2, 0) is 0 Å². The second-order valence-electron chi connectivity index (χ2n) is 7.81. The predicted molar refractivity (Wildman–Crippen MR) is 104 cm³/mol. The van der Waals surface area contributed by atoms with E-state index in [1.807, 2.05) is 30.4 Å². The summed E-state index contributed by atoms with van der Waals surface area (Å²) in [6.07, 6.45) is 13.9. The predicted octanol–water partition coefficient (Wildman–Crippen LogP) is 4.12. The van der Waals surface area contributed by atoms with Gasteiger partial charge in [-0.15, -0.1) is 0 Å². The number of hydrazone groups is 1. The van der Waals surface area contributed by atoms with E-state index in [2.05, 4.69) is 28.0 Å². The molecule has 0 aromatic heterocycles.